The summed E-state index contributed by atoms with van der Waals surface area (Å²) >= 11 is 5.89. The Kier molecular flexibility index (Phi) is 4.79. The van der Waals surface area contributed by atoms with E-state index in [2.05, 4.69) is 9.97 Å². The molecule has 0 saturated carbocycles. The fourth-order valence-electron chi connectivity index (χ4n) is 2.87. The lowest BCUT2D eigenvalue weighted by Crippen LogP contribution is -2.26. The summed E-state index contributed by atoms with van der Waals surface area (Å²) in [6.45, 7) is 1.49. The zero-order valence-electron chi connectivity index (χ0n) is 14.1. The average molecular weight is 385 g/mol. The molecule has 2 heterocycles. The van der Waals surface area contributed by atoms with Gasteiger partial charge in [0.2, 0.25) is 0 Å². The maximum Gasteiger partial charge on any atom is 0.389 e. The number of alkyl halides is 3. The Morgan fingerprint density at radius 2 is 1.88 bits per heavy atom. The molecular weight excluding hydrogens is 369 g/mol. The maximum absolute atomic E-state index is 12.9. The Labute approximate surface area is 152 Å². The van der Waals surface area contributed by atoms with Crippen molar-refractivity contribution in [2.24, 2.45) is 13.0 Å². The number of nitrogens with zero attached hydrogens (tertiary/aromatic N) is 4. The van der Waals surface area contributed by atoms with Crippen molar-refractivity contribution in [2.75, 3.05) is 0 Å². The number of imidazole rings is 1. The molecule has 138 valence electrons. The largest absolute Gasteiger partial charge is 0.389 e. The van der Waals surface area contributed by atoms with Gasteiger partial charge in [-0.1, -0.05) is 18.5 Å². The molecule has 0 aliphatic heterocycles. The number of hydrogen-bond acceptors (Lipinski definition) is 3. The van der Waals surface area contributed by atoms with Crippen molar-refractivity contribution < 1.29 is 13.2 Å². The molecule has 26 heavy (non-hydrogen) atoms. The molecule has 0 radical (unpaired) electrons. The Bertz CT molecular complexity index is 992. The monoisotopic (exact) mass is 384 g/mol. The van der Waals surface area contributed by atoms with Crippen LogP contribution in [0.15, 0.2) is 35.4 Å². The Morgan fingerprint density at radius 1 is 1.23 bits per heavy atom. The van der Waals surface area contributed by atoms with E-state index in [1.807, 2.05) is 0 Å². The second-order valence-electron chi connectivity index (χ2n) is 6.30. The van der Waals surface area contributed by atoms with Gasteiger partial charge in [0, 0.05) is 24.9 Å². The van der Waals surface area contributed by atoms with E-state index >= 15 is 0 Å². The number of hydrogen-bond donors (Lipinski definition) is 0. The van der Waals surface area contributed by atoms with Gasteiger partial charge in [-0.15, -0.1) is 0 Å². The minimum Gasteiger partial charge on any atom is -0.318 e. The summed E-state index contributed by atoms with van der Waals surface area (Å²) < 4.78 is 41.0. The number of aryl methyl sites for hydroxylation is 1. The van der Waals surface area contributed by atoms with Gasteiger partial charge in [-0.3, -0.25) is 9.36 Å². The minimum absolute atomic E-state index is 0.00149. The molecule has 0 N–H and O–H groups in total. The Hall–Kier alpha value is -2.35. The Balaban J connectivity index is 2.15. The van der Waals surface area contributed by atoms with Crippen LogP contribution in [0.5, 0.6) is 0 Å². The summed E-state index contributed by atoms with van der Waals surface area (Å²) in [6.07, 6.45) is -3.78. The summed E-state index contributed by atoms with van der Waals surface area (Å²) in [5, 5.41) is 0.487. The van der Waals surface area contributed by atoms with E-state index in [9.17, 15) is 18.0 Å². The second-order valence-corrected chi connectivity index (χ2v) is 6.74. The highest BCUT2D eigenvalue weighted by atomic mass is 35.5. The third-order valence-electron chi connectivity index (χ3n) is 4.00. The molecule has 2 aromatic heterocycles. The van der Waals surface area contributed by atoms with Crippen molar-refractivity contribution >= 4 is 22.8 Å². The van der Waals surface area contributed by atoms with Crippen LogP contribution in [-0.4, -0.2) is 25.3 Å². The van der Waals surface area contributed by atoms with Crippen LogP contribution in [0.25, 0.3) is 16.9 Å². The van der Waals surface area contributed by atoms with Crippen molar-refractivity contribution in [1.29, 1.82) is 0 Å². The first-order chi connectivity index (χ1) is 12.2. The average Bonchev–Trinajstić information content (AvgIpc) is 2.89. The summed E-state index contributed by atoms with van der Waals surface area (Å²) in [6, 6.07) is 6.46. The lowest BCUT2D eigenvalue weighted by Gasteiger charge is -2.17. The summed E-state index contributed by atoms with van der Waals surface area (Å²) in [7, 11) is 1.68. The Morgan fingerprint density at radius 3 is 2.50 bits per heavy atom. The molecule has 0 bridgehead atoms. The zero-order chi connectivity index (χ0) is 19.1. The molecular formula is C17H16ClF3N4O. The SMILES string of the molecule is C[C@@H](Cc1nc2c(ncn2C)c(=O)n1-c1ccc(Cl)cc1)CC(F)(F)F. The first-order valence-electron chi connectivity index (χ1n) is 7.91. The molecule has 1 atom stereocenters. The van der Waals surface area contributed by atoms with Crippen LogP contribution in [0.4, 0.5) is 13.2 Å². The fraction of sp³-hybridized carbons (Fsp3) is 0.353. The summed E-state index contributed by atoms with van der Waals surface area (Å²) in [5.74, 6) is -0.476. The highest BCUT2D eigenvalue weighted by Gasteiger charge is 2.31. The predicted molar refractivity (Wildman–Crippen MR) is 92.7 cm³/mol. The number of aromatic nitrogens is 4. The molecule has 0 amide bonds. The van der Waals surface area contributed by atoms with E-state index in [1.165, 1.54) is 17.8 Å². The van der Waals surface area contributed by atoms with Crippen LogP contribution >= 0.6 is 11.6 Å². The predicted octanol–water partition coefficient (Wildman–Crippen LogP) is 3.90. The minimum atomic E-state index is -4.28. The molecule has 3 aromatic rings. The molecule has 1 aromatic carbocycles. The second kappa shape index (κ2) is 6.75. The van der Waals surface area contributed by atoms with Gasteiger partial charge in [-0.25, -0.2) is 9.97 Å². The molecule has 0 spiro atoms. The standard InChI is InChI=1S/C17H16ClF3N4O/c1-10(8-17(19,20)21)7-13-23-15-14(22-9-24(15)2)16(26)25(13)12-5-3-11(18)4-6-12/h3-6,9-10H,7-8H2,1-2H3/t10-/m0/s1. The highest BCUT2D eigenvalue weighted by Crippen LogP contribution is 2.27. The third-order valence-corrected chi connectivity index (χ3v) is 4.25. The first-order valence-corrected chi connectivity index (χ1v) is 8.29. The van der Waals surface area contributed by atoms with E-state index in [0.717, 1.165) is 0 Å². The van der Waals surface area contributed by atoms with Gasteiger partial charge < -0.3 is 4.57 Å². The molecule has 0 unspecified atom stereocenters. The molecule has 9 heteroatoms. The third kappa shape index (κ3) is 3.75. The van der Waals surface area contributed by atoms with Gasteiger partial charge in [0.05, 0.1) is 12.0 Å². The van der Waals surface area contributed by atoms with E-state index in [1.54, 1.807) is 35.9 Å². The fourth-order valence-corrected chi connectivity index (χ4v) is 3.00. The van der Waals surface area contributed by atoms with Crippen LogP contribution in [0.2, 0.25) is 5.02 Å². The van der Waals surface area contributed by atoms with Crippen molar-refractivity contribution in [2.45, 2.75) is 25.9 Å². The van der Waals surface area contributed by atoms with Gasteiger partial charge in [-0.2, -0.15) is 13.2 Å². The highest BCUT2D eigenvalue weighted by molar-refractivity contribution is 6.30. The van der Waals surface area contributed by atoms with Gasteiger partial charge in [0.15, 0.2) is 11.2 Å². The number of rotatable bonds is 4. The summed E-state index contributed by atoms with van der Waals surface area (Å²) in [5.41, 5.74) is 0.560. The maximum atomic E-state index is 12.9. The smallest absolute Gasteiger partial charge is 0.318 e. The topological polar surface area (TPSA) is 52.7 Å². The molecule has 5 nitrogen and oxygen atoms in total. The van der Waals surface area contributed by atoms with Crippen molar-refractivity contribution in [3.05, 3.63) is 51.8 Å². The van der Waals surface area contributed by atoms with Gasteiger partial charge in [0.1, 0.15) is 5.82 Å². The molecule has 3 rings (SSSR count). The number of halogens is 4. The van der Waals surface area contributed by atoms with Gasteiger partial charge in [-0.05, 0) is 30.2 Å². The van der Waals surface area contributed by atoms with Crippen LogP contribution < -0.4 is 5.56 Å². The lowest BCUT2D eigenvalue weighted by molar-refractivity contribution is -0.143. The quantitative estimate of drug-likeness (QED) is 0.685. The van der Waals surface area contributed by atoms with Crippen molar-refractivity contribution in [3.8, 4) is 5.69 Å². The van der Waals surface area contributed by atoms with E-state index in [4.69, 9.17) is 11.6 Å². The number of benzene rings is 1. The molecule has 0 saturated heterocycles. The van der Waals surface area contributed by atoms with Crippen molar-refractivity contribution in [3.63, 3.8) is 0 Å². The van der Waals surface area contributed by atoms with E-state index in [-0.39, 0.29) is 17.8 Å². The summed E-state index contributed by atoms with van der Waals surface area (Å²) in [4.78, 5) is 21.4. The van der Waals surface area contributed by atoms with Gasteiger partial charge in [0.25, 0.3) is 5.56 Å². The number of fused-ring (bicyclic) bond motifs is 1. The van der Waals surface area contributed by atoms with Crippen LogP contribution in [0.3, 0.4) is 0 Å². The van der Waals surface area contributed by atoms with Crippen LogP contribution in [-0.2, 0) is 13.5 Å². The first kappa shape index (κ1) is 18.4. The van der Waals surface area contributed by atoms with Gasteiger partial charge >= 0.3 is 6.18 Å². The molecule has 0 aliphatic rings. The van der Waals surface area contributed by atoms with Crippen LogP contribution in [0, 0.1) is 5.92 Å². The molecule has 0 fully saturated rings. The van der Waals surface area contributed by atoms with Crippen LogP contribution in [0.1, 0.15) is 19.2 Å². The zero-order valence-corrected chi connectivity index (χ0v) is 14.8. The normalized spacial score (nSPS) is 13.3. The molecule has 0 aliphatic carbocycles. The van der Waals surface area contributed by atoms with Crippen molar-refractivity contribution in [1.82, 2.24) is 19.1 Å². The van der Waals surface area contributed by atoms with E-state index in [0.29, 0.717) is 16.4 Å². The lowest BCUT2D eigenvalue weighted by atomic mass is 10.0. The van der Waals surface area contributed by atoms with E-state index < -0.39 is 24.1 Å².